The molecule has 0 unspecified atom stereocenters. The van der Waals surface area contributed by atoms with E-state index in [1.165, 1.54) is 23.1 Å². The molecule has 0 nitrogen and oxygen atoms in total. The summed E-state index contributed by atoms with van der Waals surface area (Å²) in [5, 5.41) is 0. The molecule has 3 aromatic carbocycles. The maximum absolute atomic E-state index is 14.4. The lowest BCUT2D eigenvalue weighted by atomic mass is 9.97. The van der Waals surface area contributed by atoms with Crippen LogP contribution in [0.1, 0.15) is 37.8 Å². The van der Waals surface area contributed by atoms with E-state index >= 15 is 0 Å². The van der Waals surface area contributed by atoms with Crippen molar-refractivity contribution in [2.24, 2.45) is 0 Å². The third kappa shape index (κ3) is 4.95. The zero-order chi connectivity index (χ0) is 19.1. The minimum atomic E-state index is -0.118. The molecule has 0 saturated heterocycles. The van der Waals surface area contributed by atoms with Gasteiger partial charge in [0.05, 0.1) is 0 Å². The standard InChI is InChI=1S/C26H27F/c1-3-5-6-8-24-17-18-25(19-26(24)27)23-15-13-22(14-16-23)21-11-9-20(7-4-2)10-12-21/h3,5,9-19H,4,6-8H2,1-2H3. The topological polar surface area (TPSA) is 0 Å². The van der Waals surface area contributed by atoms with Crippen LogP contribution in [-0.4, -0.2) is 0 Å². The van der Waals surface area contributed by atoms with Crippen molar-refractivity contribution in [3.63, 3.8) is 0 Å². The van der Waals surface area contributed by atoms with Gasteiger partial charge in [-0.15, -0.1) is 0 Å². The van der Waals surface area contributed by atoms with Gasteiger partial charge >= 0.3 is 0 Å². The largest absolute Gasteiger partial charge is 0.207 e. The summed E-state index contributed by atoms with van der Waals surface area (Å²) >= 11 is 0. The Morgan fingerprint density at radius 2 is 1.30 bits per heavy atom. The van der Waals surface area contributed by atoms with Crippen molar-refractivity contribution in [2.45, 2.75) is 39.5 Å². The summed E-state index contributed by atoms with van der Waals surface area (Å²) in [4.78, 5) is 0. The highest BCUT2D eigenvalue weighted by Gasteiger charge is 2.06. The van der Waals surface area contributed by atoms with E-state index < -0.39 is 0 Å². The lowest BCUT2D eigenvalue weighted by Crippen LogP contribution is -1.91. The minimum Gasteiger partial charge on any atom is -0.207 e. The number of benzene rings is 3. The molecule has 0 spiro atoms. The molecule has 0 radical (unpaired) electrons. The number of rotatable bonds is 7. The molecule has 3 aromatic rings. The quantitative estimate of drug-likeness (QED) is 0.381. The van der Waals surface area contributed by atoms with Gasteiger partial charge in [-0.3, -0.25) is 0 Å². The van der Waals surface area contributed by atoms with E-state index in [4.69, 9.17) is 0 Å². The lowest BCUT2D eigenvalue weighted by Gasteiger charge is -2.08. The molecule has 0 saturated carbocycles. The van der Waals surface area contributed by atoms with Gasteiger partial charge in [0, 0.05) is 0 Å². The van der Waals surface area contributed by atoms with Gasteiger partial charge in [-0.2, -0.15) is 0 Å². The second kappa shape index (κ2) is 9.32. The monoisotopic (exact) mass is 358 g/mol. The molecule has 0 aromatic heterocycles. The SMILES string of the molecule is CC=CCCc1ccc(-c2ccc(-c3ccc(CCC)cc3)cc2)cc1F. The maximum atomic E-state index is 14.4. The second-order valence-corrected chi connectivity index (χ2v) is 6.94. The summed E-state index contributed by atoms with van der Waals surface area (Å²) in [5.74, 6) is -0.118. The van der Waals surface area contributed by atoms with Crippen LogP contribution in [0.5, 0.6) is 0 Å². The average Bonchev–Trinajstić information content (AvgIpc) is 2.70. The predicted molar refractivity (Wildman–Crippen MR) is 114 cm³/mol. The summed E-state index contributed by atoms with van der Waals surface area (Å²) in [6.45, 7) is 4.19. The van der Waals surface area contributed by atoms with Crippen LogP contribution in [0.3, 0.4) is 0 Å². The van der Waals surface area contributed by atoms with Gasteiger partial charge < -0.3 is 0 Å². The van der Waals surface area contributed by atoms with Crippen LogP contribution in [0.4, 0.5) is 4.39 Å². The molecule has 3 rings (SSSR count). The molecule has 1 heteroatoms. The molecule has 0 N–H and O–H groups in total. The van der Waals surface area contributed by atoms with Crippen LogP contribution < -0.4 is 0 Å². The van der Waals surface area contributed by atoms with Gasteiger partial charge in [0.15, 0.2) is 0 Å². The molecule has 0 aliphatic carbocycles. The fourth-order valence-corrected chi connectivity index (χ4v) is 3.34. The predicted octanol–water partition coefficient (Wildman–Crippen LogP) is 7.62. The number of halogens is 1. The summed E-state index contributed by atoms with van der Waals surface area (Å²) in [7, 11) is 0. The Kier molecular flexibility index (Phi) is 6.59. The Labute approximate surface area is 162 Å². The Hall–Kier alpha value is -2.67. The van der Waals surface area contributed by atoms with Crippen molar-refractivity contribution in [2.75, 3.05) is 0 Å². The van der Waals surface area contributed by atoms with E-state index in [1.807, 2.05) is 25.1 Å². The average molecular weight is 358 g/mol. The molecule has 0 heterocycles. The van der Waals surface area contributed by atoms with Crippen LogP contribution in [0.15, 0.2) is 78.9 Å². The molecule has 0 atom stereocenters. The normalized spacial score (nSPS) is 11.2. The van der Waals surface area contributed by atoms with Crippen LogP contribution in [0, 0.1) is 5.82 Å². The van der Waals surface area contributed by atoms with Gasteiger partial charge in [-0.25, -0.2) is 4.39 Å². The van der Waals surface area contributed by atoms with E-state index in [0.29, 0.717) is 0 Å². The molecule has 138 valence electrons. The van der Waals surface area contributed by atoms with Crippen molar-refractivity contribution in [1.29, 1.82) is 0 Å². The molecule has 0 fully saturated rings. The van der Waals surface area contributed by atoms with Gasteiger partial charge in [0.2, 0.25) is 0 Å². The second-order valence-electron chi connectivity index (χ2n) is 6.94. The zero-order valence-corrected chi connectivity index (χ0v) is 16.2. The van der Waals surface area contributed by atoms with E-state index in [-0.39, 0.29) is 5.82 Å². The van der Waals surface area contributed by atoms with Crippen molar-refractivity contribution in [1.82, 2.24) is 0 Å². The van der Waals surface area contributed by atoms with Crippen molar-refractivity contribution >= 4 is 0 Å². The Bertz CT molecular complexity index is 886. The third-order valence-electron chi connectivity index (χ3n) is 4.91. The van der Waals surface area contributed by atoms with Crippen LogP contribution in [0.2, 0.25) is 0 Å². The van der Waals surface area contributed by atoms with Crippen molar-refractivity contribution < 1.29 is 4.39 Å². The van der Waals surface area contributed by atoms with Crippen LogP contribution in [0.25, 0.3) is 22.3 Å². The Morgan fingerprint density at radius 1 is 0.741 bits per heavy atom. The van der Waals surface area contributed by atoms with E-state index in [1.54, 1.807) is 6.07 Å². The molecular formula is C26H27F. The molecule has 0 bridgehead atoms. The molecule has 27 heavy (non-hydrogen) atoms. The Morgan fingerprint density at radius 3 is 1.85 bits per heavy atom. The van der Waals surface area contributed by atoms with E-state index in [2.05, 4.69) is 61.5 Å². The van der Waals surface area contributed by atoms with Gasteiger partial charge in [0.1, 0.15) is 5.82 Å². The molecule has 0 aliphatic heterocycles. The molecular weight excluding hydrogens is 331 g/mol. The first-order chi connectivity index (χ1) is 13.2. The first-order valence-electron chi connectivity index (χ1n) is 9.80. The highest BCUT2D eigenvalue weighted by Crippen LogP contribution is 2.27. The maximum Gasteiger partial charge on any atom is 0.127 e. The van der Waals surface area contributed by atoms with Gasteiger partial charge in [-0.05, 0) is 65.6 Å². The van der Waals surface area contributed by atoms with Crippen molar-refractivity contribution in [3.8, 4) is 22.3 Å². The smallest absolute Gasteiger partial charge is 0.127 e. The Balaban J connectivity index is 1.75. The number of aryl methyl sites for hydroxylation is 2. The summed E-state index contributed by atoms with van der Waals surface area (Å²) < 4.78 is 14.4. The first kappa shape index (κ1) is 19.1. The number of allylic oxidation sites excluding steroid dienone is 2. The van der Waals surface area contributed by atoms with E-state index in [9.17, 15) is 4.39 Å². The number of hydrogen-bond acceptors (Lipinski definition) is 0. The highest BCUT2D eigenvalue weighted by atomic mass is 19.1. The van der Waals surface area contributed by atoms with Gasteiger partial charge in [0.25, 0.3) is 0 Å². The fraction of sp³-hybridized carbons (Fsp3) is 0.231. The van der Waals surface area contributed by atoms with Crippen LogP contribution >= 0.6 is 0 Å². The van der Waals surface area contributed by atoms with Crippen molar-refractivity contribution in [3.05, 3.63) is 95.8 Å². The summed E-state index contributed by atoms with van der Waals surface area (Å²) in [5.41, 5.74) is 6.52. The molecule has 0 aliphatic rings. The van der Waals surface area contributed by atoms with Crippen LogP contribution in [-0.2, 0) is 12.8 Å². The first-order valence-corrected chi connectivity index (χ1v) is 9.80. The fourth-order valence-electron chi connectivity index (χ4n) is 3.34. The van der Waals surface area contributed by atoms with Gasteiger partial charge in [-0.1, -0.05) is 86.2 Å². The minimum absolute atomic E-state index is 0.118. The third-order valence-corrected chi connectivity index (χ3v) is 4.91. The highest BCUT2D eigenvalue weighted by molar-refractivity contribution is 5.70. The lowest BCUT2D eigenvalue weighted by molar-refractivity contribution is 0.610. The van der Waals surface area contributed by atoms with E-state index in [0.717, 1.165) is 36.0 Å². The zero-order valence-electron chi connectivity index (χ0n) is 16.2. The summed E-state index contributed by atoms with van der Waals surface area (Å²) in [6, 6.07) is 22.7. The summed E-state index contributed by atoms with van der Waals surface area (Å²) in [6.07, 6.45) is 7.97. The number of hydrogen-bond donors (Lipinski definition) is 0. The molecule has 0 amide bonds.